The Bertz CT molecular complexity index is 1060. The van der Waals surface area contributed by atoms with Crippen molar-refractivity contribution < 1.29 is 27.9 Å². The van der Waals surface area contributed by atoms with Crippen molar-refractivity contribution in [1.82, 2.24) is 9.73 Å². The number of aliphatic carboxylic acids is 1. The zero-order valence-electron chi connectivity index (χ0n) is 16.0. The molecule has 2 aromatic carbocycles. The van der Waals surface area contributed by atoms with Crippen molar-refractivity contribution in [3.05, 3.63) is 59.7 Å². The van der Waals surface area contributed by atoms with Gasteiger partial charge in [0.05, 0.1) is 17.1 Å². The second-order valence-electron chi connectivity index (χ2n) is 6.54. The van der Waals surface area contributed by atoms with Crippen molar-refractivity contribution in [3.8, 4) is 5.75 Å². The lowest BCUT2D eigenvalue weighted by Crippen LogP contribution is -2.29. The molecular weight excluding hydrogens is 410 g/mol. The topological polar surface area (TPSA) is 128 Å². The van der Waals surface area contributed by atoms with Gasteiger partial charge in [-0.25, -0.2) is 13.8 Å². The van der Waals surface area contributed by atoms with Crippen molar-refractivity contribution in [2.45, 2.75) is 17.7 Å². The van der Waals surface area contributed by atoms with Crippen molar-refractivity contribution in [2.75, 3.05) is 19.7 Å². The van der Waals surface area contributed by atoms with Gasteiger partial charge in [0.25, 0.3) is 5.91 Å². The Kier molecular flexibility index (Phi) is 6.80. The maximum absolute atomic E-state index is 12.7. The number of nitrogens with zero attached hydrogens (tertiary/aromatic N) is 2. The van der Waals surface area contributed by atoms with E-state index in [1.165, 1.54) is 34.8 Å². The Balaban J connectivity index is 1.69. The molecular formula is C20H20N3O6S-. The predicted octanol–water partition coefficient (Wildman–Crippen LogP) is 0.364. The lowest BCUT2D eigenvalue weighted by atomic mass is 10.2. The number of benzene rings is 2. The van der Waals surface area contributed by atoms with E-state index in [1.807, 2.05) is 0 Å². The van der Waals surface area contributed by atoms with E-state index in [-0.39, 0.29) is 16.2 Å². The Morgan fingerprint density at radius 1 is 1.13 bits per heavy atom. The number of carboxylic acids is 1. The molecule has 1 fully saturated rings. The van der Waals surface area contributed by atoms with Crippen LogP contribution in [0.25, 0.3) is 0 Å². The van der Waals surface area contributed by atoms with E-state index in [2.05, 4.69) is 10.5 Å². The SMILES string of the molecule is O=C([O-])COc1ccccc1/C=N\NC(=O)c1cccc(S(=O)(=O)N2CCCC2)c1. The number of carbonyl (C=O) groups is 2. The maximum Gasteiger partial charge on any atom is 0.271 e. The van der Waals surface area contributed by atoms with E-state index in [0.29, 0.717) is 18.7 Å². The maximum atomic E-state index is 12.7. The first-order valence-corrected chi connectivity index (χ1v) is 10.7. The fourth-order valence-corrected chi connectivity index (χ4v) is 4.52. The summed E-state index contributed by atoms with van der Waals surface area (Å²) < 4.78 is 31.8. The van der Waals surface area contributed by atoms with Gasteiger partial charge in [-0.1, -0.05) is 18.2 Å². The number of hydrazone groups is 1. The molecule has 9 nitrogen and oxygen atoms in total. The summed E-state index contributed by atoms with van der Waals surface area (Å²) in [6, 6.07) is 12.3. The molecule has 1 aliphatic rings. The molecule has 1 N–H and O–H groups in total. The molecule has 0 radical (unpaired) electrons. The summed E-state index contributed by atoms with van der Waals surface area (Å²) in [5.41, 5.74) is 2.92. The van der Waals surface area contributed by atoms with Crippen LogP contribution >= 0.6 is 0 Å². The average Bonchev–Trinajstić information content (AvgIpc) is 3.29. The smallest absolute Gasteiger partial charge is 0.271 e. The fraction of sp³-hybridized carbons (Fsp3) is 0.250. The highest BCUT2D eigenvalue weighted by Gasteiger charge is 2.27. The molecule has 1 amide bonds. The lowest BCUT2D eigenvalue weighted by Gasteiger charge is -2.15. The molecule has 0 unspecified atom stereocenters. The van der Waals surface area contributed by atoms with Crippen LogP contribution in [0.5, 0.6) is 5.75 Å². The predicted molar refractivity (Wildman–Crippen MR) is 106 cm³/mol. The van der Waals surface area contributed by atoms with Crippen molar-refractivity contribution in [1.29, 1.82) is 0 Å². The van der Waals surface area contributed by atoms with E-state index >= 15 is 0 Å². The van der Waals surface area contributed by atoms with Crippen LogP contribution in [-0.2, 0) is 14.8 Å². The molecule has 30 heavy (non-hydrogen) atoms. The second-order valence-corrected chi connectivity index (χ2v) is 8.47. The quantitative estimate of drug-likeness (QED) is 0.476. The summed E-state index contributed by atoms with van der Waals surface area (Å²) in [4.78, 5) is 23.0. The highest BCUT2D eigenvalue weighted by molar-refractivity contribution is 7.89. The molecule has 0 aromatic heterocycles. The molecule has 0 saturated carbocycles. The zero-order valence-corrected chi connectivity index (χ0v) is 16.8. The molecule has 1 saturated heterocycles. The van der Waals surface area contributed by atoms with E-state index in [9.17, 15) is 23.1 Å². The van der Waals surface area contributed by atoms with Crippen LogP contribution in [0.1, 0.15) is 28.8 Å². The van der Waals surface area contributed by atoms with Gasteiger partial charge in [-0.2, -0.15) is 9.41 Å². The Morgan fingerprint density at radius 3 is 2.60 bits per heavy atom. The minimum absolute atomic E-state index is 0.0575. The number of rotatable bonds is 8. The van der Waals surface area contributed by atoms with Crippen LogP contribution in [0, 0.1) is 0 Å². The van der Waals surface area contributed by atoms with Gasteiger partial charge in [-0.3, -0.25) is 4.79 Å². The number of carboxylic acid groups (broad SMARTS) is 1. The number of nitrogens with one attached hydrogen (secondary N) is 1. The first kappa shape index (κ1) is 21.5. The molecule has 0 bridgehead atoms. The Hall–Kier alpha value is -3.24. The molecule has 1 aliphatic heterocycles. The third-order valence-electron chi connectivity index (χ3n) is 4.43. The van der Waals surface area contributed by atoms with Crippen LogP contribution in [0.4, 0.5) is 0 Å². The van der Waals surface area contributed by atoms with Gasteiger partial charge in [0.15, 0.2) is 0 Å². The molecule has 3 rings (SSSR count). The number of para-hydroxylation sites is 1. The monoisotopic (exact) mass is 430 g/mol. The van der Waals surface area contributed by atoms with Crippen molar-refractivity contribution in [3.63, 3.8) is 0 Å². The van der Waals surface area contributed by atoms with Gasteiger partial charge in [-0.05, 0) is 43.2 Å². The lowest BCUT2D eigenvalue weighted by molar-refractivity contribution is -0.307. The summed E-state index contributed by atoms with van der Waals surface area (Å²) in [7, 11) is -3.63. The second kappa shape index (κ2) is 9.51. The van der Waals surface area contributed by atoms with Crippen LogP contribution in [0.2, 0.25) is 0 Å². The fourth-order valence-electron chi connectivity index (χ4n) is 2.96. The number of amides is 1. The molecule has 0 aliphatic carbocycles. The molecule has 1 heterocycles. The number of ether oxygens (including phenoxy) is 1. The third kappa shape index (κ3) is 5.22. The average molecular weight is 430 g/mol. The van der Waals surface area contributed by atoms with E-state index < -0.39 is 28.5 Å². The van der Waals surface area contributed by atoms with Crippen LogP contribution in [0.15, 0.2) is 58.5 Å². The summed E-state index contributed by atoms with van der Waals surface area (Å²) in [6.07, 6.45) is 2.94. The van der Waals surface area contributed by atoms with Gasteiger partial charge in [0.1, 0.15) is 12.4 Å². The number of hydrogen-bond acceptors (Lipinski definition) is 7. The zero-order chi connectivity index (χ0) is 21.6. The summed E-state index contributed by atoms with van der Waals surface area (Å²) in [5, 5.41) is 14.4. The van der Waals surface area contributed by atoms with Crippen LogP contribution < -0.4 is 15.3 Å². The number of hydrogen-bond donors (Lipinski definition) is 1. The highest BCUT2D eigenvalue weighted by atomic mass is 32.2. The summed E-state index contributed by atoms with van der Waals surface area (Å²) in [6.45, 7) is 0.334. The number of sulfonamides is 1. The van der Waals surface area contributed by atoms with Gasteiger partial charge in [-0.15, -0.1) is 0 Å². The van der Waals surface area contributed by atoms with Gasteiger partial charge in [0.2, 0.25) is 10.0 Å². The normalized spacial score (nSPS) is 14.7. The standard InChI is InChI=1S/C20H21N3O6S/c24-19(25)14-29-18-9-2-1-6-16(18)13-21-22-20(26)15-7-5-8-17(12-15)30(27,28)23-10-3-4-11-23/h1-2,5-9,12-13H,3-4,10-11,14H2,(H,22,26)(H,24,25)/p-1/b21-13-. The molecule has 2 aromatic rings. The van der Waals surface area contributed by atoms with Gasteiger partial charge < -0.3 is 14.6 Å². The largest absolute Gasteiger partial charge is 0.546 e. The summed E-state index contributed by atoms with van der Waals surface area (Å²) >= 11 is 0. The molecule has 10 heteroatoms. The minimum atomic E-state index is -3.63. The summed E-state index contributed by atoms with van der Waals surface area (Å²) in [5.74, 6) is -1.69. The van der Waals surface area contributed by atoms with Crippen LogP contribution in [-0.4, -0.2) is 50.5 Å². The molecule has 158 valence electrons. The molecule has 0 spiro atoms. The van der Waals surface area contributed by atoms with Gasteiger partial charge in [0, 0.05) is 24.2 Å². The van der Waals surface area contributed by atoms with E-state index in [4.69, 9.17) is 4.74 Å². The van der Waals surface area contributed by atoms with Crippen molar-refractivity contribution >= 4 is 28.1 Å². The van der Waals surface area contributed by atoms with E-state index in [0.717, 1.165) is 12.8 Å². The van der Waals surface area contributed by atoms with Crippen molar-refractivity contribution in [2.24, 2.45) is 5.10 Å². The molecule has 0 atom stereocenters. The van der Waals surface area contributed by atoms with E-state index in [1.54, 1.807) is 24.3 Å². The van der Waals surface area contributed by atoms with Gasteiger partial charge >= 0.3 is 0 Å². The number of carbonyl (C=O) groups excluding carboxylic acids is 2. The van der Waals surface area contributed by atoms with Crippen LogP contribution in [0.3, 0.4) is 0 Å². The highest BCUT2D eigenvalue weighted by Crippen LogP contribution is 2.21. The third-order valence-corrected chi connectivity index (χ3v) is 6.33. The minimum Gasteiger partial charge on any atom is -0.546 e. The Morgan fingerprint density at radius 2 is 1.87 bits per heavy atom. The first-order chi connectivity index (χ1) is 14.4. The first-order valence-electron chi connectivity index (χ1n) is 9.23. The Labute approximate surface area is 174 Å².